The Morgan fingerprint density at radius 2 is 2.20 bits per heavy atom. The summed E-state index contributed by atoms with van der Waals surface area (Å²) in [5.41, 5.74) is 6.50. The minimum Gasteiger partial charge on any atom is -0.395 e. The van der Waals surface area contributed by atoms with Crippen LogP contribution in [0.15, 0.2) is 12.3 Å². The van der Waals surface area contributed by atoms with Gasteiger partial charge in [0.1, 0.15) is 12.1 Å². The van der Waals surface area contributed by atoms with Crippen molar-refractivity contribution in [2.24, 2.45) is 0 Å². The highest BCUT2D eigenvalue weighted by atomic mass is 16.2. The summed E-state index contributed by atoms with van der Waals surface area (Å²) in [5.74, 6) is 0.440. The van der Waals surface area contributed by atoms with Crippen LogP contribution in [-0.4, -0.2) is 34.9 Å². The molecule has 0 aliphatic carbocycles. The zero-order valence-corrected chi connectivity index (χ0v) is 11.6. The van der Waals surface area contributed by atoms with Crippen LogP contribution in [0.3, 0.4) is 0 Å². The number of aromatic nitrogens is 1. The lowest BCUT2D eigenvalue weighted by Gasteiger charge is -2.29. The van der Waals surface area contributed by atoms with Crippen LogP contribution in [0.2, 0.25) is 0 Å². The summed E-state index contributed by atoms with van der Waals surface area (Å²) >= 11 is 0. The molecule has 0 radical (unpaired) electrons. The number of amides is 1. The molecule has 0 bridgehead atoms. The minimum absolute atomic E-state index is 0.0493. The third-order valence-electron chi connectivity index (χ3n) is 3.50. The number of piperidine rings is 1. The molecule has 6 nitrogen and oxygen atoms in total. The summed E-state index contributed by atoms with van der Waals surface area (Å²) in [4.78, 5) is 18.3. The summed E-state index contributed by atoms with van der Waals surface area (Å²) in [7, 11) is 0. The van der Waals surface area contributed by atoms with Crippen molar-refractivity contribution in [1.82, 2.24) is 9.88 Å². The van der Waals surface area contributed by atoms with Gasteiger partial charge in [0.25, 0.3) is 0 Å². The van der Waals surface area contributed by atoms with E-state index in [9.17, 15) is 4.79 Å². The molecule has 1 fully saturated rings. The number of rotatable bonds is 3. The minimum atomic E-state index is -0.406. The Morgan fingerprint density at radius 1 is 1.50 bits per heavy atom. The normalized spacial score (nSPS) is 16.3. The molecular weight excluding hydrogens is 254 g/mol. The molecule has 6 heteroatoms. The lowest BCUT2D eigenvalue weighted by molar-refractivity contribution is -0.132. The Labute approximate surface area is 118 Å². The number of nitrogens with zero attached hydrogens (tertiary/aromatic N) is 3. The van der Waals surface area contributed by atoms with E-state index < -0.39 is 6.04 Å². The van der Waals surface area contributed by atoms with E-state index in [1.807, 2.05) is 11.0 Å². The van der Waals surface area contributed by atoms with Crippen LogP contribution in [0.4, 0.5) is 11.5 Å². The standard InChI is InChI=1S/C14H19N5O/c1-10(14(20)19-7-3-2-4-8-19)18-13-12(16)11(9-15)5-6-17-13/h5-6,10H,2-4,7-8,16H2,1H3,(H,17,18). The van der Waals surface area contributed by atoms with Gasteiger partial charge in [-0.1, -0.05) is 0 Å². The zero-order valence-electron chi connectivity index (χ0n) is 11.6. The predicted molar refractivity (Wildman–Crippen MR) is 76.9 cm³/mol. The van der Waals surface area contributed by atoms with E-state index in [0.29, 0.717) is 11.4 Å². The van der Waals surface area contributed by atoms with Gasteiger partial charge in [0.05, 0.1) is 11.3 Å². The average molecular weight is 273 g/mol. The van der Waals surface area contributed by atoms with Crippen molar-refractivity contribution < 1.29 is 4.79 Å². The van der Waals surface area contributed by atoms with Crippen LogP contribution in [0.1, 0.15) is 31.7 Å². The first-order valence-corrected chi connectivity index (χ1v) is 6.83. The van der Waals surface area contributed by atoms with Crippen LogP contribution in [0.25, 0.3) is 0 Å². The number of carbonyl (C=O) groups is 1. The fraction of sp³-hybridized carbons (Fsp3) is 0.500. The van der Waals surface area contributed by atoms with Gasteiger partial charge in [-0.15, -0.1) is 0 Å². The Balaban J connectivity index is 2.06. The van der Waals surface area contributed by atoms with Crippen LogP contribution in [-0.2, 0) is 4.79 Å². The first kappa shape index (κ1) is 14.1. The number of nitrogens with two attached hydrogens (primary N) is 1. The number of hydrogen-bond acceptors (Lipinski definition) is 5. The second-order valence-corrected chi connectivity index (χ2v) is 4.98. The largest absolute Gasteiger partial charge is 0.395 e. The Bertz CT molecular complexity index is 531. The number of nitrogens with one attached hydrogen (secondary N) is 1. The smallest absolute Gasteiger partial charge is 0.244 e. The number of pyridine rings is 1. The maximum atomic E-state index is 12.3. The van der Waals surface area contributed by atoms with Gasteiger partial charge in [0.15, 0.2) is 5.82 Å². The molecule has 1 atom stereocenters. The van der Waals surface area contributed by atoms with Crippen LogP contribution < -0.4 is 11.1 Å². The summed E-state index contributed by atoms with van der Waals surface area (Å²) in [6.07, 6.45) is 4.81. The topological polar surface area (TPSA) is 95.0 Å². The lowest BCUT2D eigenvalue weighted by Crippen LogP contribution is -2.44. The molecule has 1 amide bonds. The second kappa shape index (κ2) is 6.24. The van der Waals surface area contributed by atoms with Gasteiger partial charge >= 0.3 is 0 Å². The van der Waals surface area contributed by atoms with E-state index in [4.69, 9.17) is 11.0 Å². The zero-order chi connectivity index (χ0) is 14.5. The first-order valence-electron chi connectivity index (χ1n) is 6.83. The predicted octanol–water partition coefficient (Wildman–Crippen LogP) is 1.35. The molecule has 20 heavy (non-hydrogen) atoms. The number of anilines is 2. The first-order chi connectivity index (χ1) is 9.63. The highest BCUT2D eigenvalue weighted by Crippen LogP contribution is 2.20. The van der Waals surface area contributed by atoms with Gasteiger partial charge in [0, 0.05) is 19.3 Å². The van der Waals surface area contributed by atoms with Gasteiger partial charge in [0.2, 0.25) is 5.91 Å². The molecule has 106 valence electrons. The molecule has 3 N–H and O–H groups in total. The summed E-state index contributed by atoms with van der Waals surface area (Å²) in [6, 6.07) is 3.15. The van der Waals surface area contributed by atoms with Crippen LogP contribution >= 0.6 is 0 Å². The maximum absolute atomic E-state index is 12.3. The quantitative estimate of drug-likeness (QED) is 0.866. The molecule has 0 spiro atoms. The van der Waals surface area contributed by atoms with Crippen LogP contribution in [0, 0.1) is 11.3 Å². The fourth-order valence-corrected chi connectivity index (χ4v) is 2.34. The highest BCUT2D eigenvalue weighted by Gasteiger charge is 2.23. The molecule has 0 saturated carbocycles. The van der Waals surface area contributed by atoms with E-state index in [1.165, 1.54) is 12.6 Å². The Morgan fingerprint density at radius 3 is 2.85 bits per heavy atom. The van der Waals surface area contributed by atoms with Crippen molar-refractivity contribution in [2.45, 2.75) is 32.2 Å². The molecule has 1 saturated heterocycles. The van der Waals surface area contributed by atoms with Gasteiger partial charge in [-0.2, -0.15) is 5.26 Å². The summed E-state index contributed by atoms with van der Waals surface area (Å²) in [6.45, 7) is 3.41. The van der Waals surface area contributed by atoms with Gasteiger partial charge < -0.3 is 16.0 Å². The third-order valence-corrected chi connectivity index (χ3v) is 3.50. The van der Waals surface area contributed by atoms with Crippen molar-refractivity contribution in [3.63, 3.8) is 0 Å². The van der Waals surface area contributed by atoms with Crippen molar-refractivity contribution in [3.05, 3.63) is 17.8 Å². The Hall–Kier alpha value is -2.29. The number of likely N-dealkylation sites (tertiary alicyclic amines) is 1. The molecule has 1 aliphatic rings. The van der Waals surface area contributed by atoms with Crippen molar-refractivity contribution >= 4 is 17.4 Å². The van der Waals surface area contributed by atoms with Crippen LogP contribution in [0.5, 0.6) is 0 Å². The van der Waals surface area contributed by atoms with E-state index in [2.05, 4.69) is 10.3 Å². The molecule has 1 aromatic rings. The summed E-state index contributed by atoms with van der Waals surface area (Å²) in [5, 5.41) is 11.9. The molecule has 2 heterocycles. The fourth-order valence-electron chi connectivity index (χ4n) is 2.34. The average Bonchev–Trinajstić information content (AvgIpc) is 2.49. The molecule has 1 aliphatic heterocycles. The molecule has 1 aromatic heterocycles. The van der Waals surface area contributed by atoms with E-state index in [1.54, 1.807) is 13.0 Å². The van der Waals surface area contributed by atoms with E-state index in [-0.39, 0.29) is 11.6 Å². The van der Waals surface area contributed by atoms with Gasteiger partial charge in [-0.3, -0.25) is 4.79 Å². The number of nitriles is 1. The van der Waals surface area contributed by atoms with E-state index >= 15 is 0 Å². The van der Waals surface area contributed by atoms with Crippen molar-refractivity contribution in [1.29, 1.82) is 5.26 Å². The number of carbonyl (C=O) groups excluding carboxylic acids is 1. The Kier molecular flexibility index (Phi) is 4.41. The van der Waals surface area contributed by atoms with Gasteiger partial charge in [-0.25, -0.2) is 4.98 Å². The maximum Gasteiger partial charge on any atom is 0.244 e. The molecule has 0 aromatic carbocycles. The highest BCUT2D eigenvalue weighted by molar-refractivity contribution is 5.85. The number of nitrogen functional groups attached to an aromatic ring is 1. The van der Waals surface area contributed by atoms with Crippen molar-refractivity contribution in [3.8, 4) is 6.07 Å². The van der Waals surface area contributed by atoms with Crippen molar-refractivity contribution in [2.75, 3.05) is 24.1 Å². The second-order valence-electron chi connectivity index (χ2n) is 4.98. The molecular formula is C14H19N5O. The SMILES string of the molecule is CC(Nc1nccc(C#N)c1N)C(=O)N1CCCCC1. The molecule has 2 rings (SSSR count). The monoisotopic (exact) mass is 273 g/mol. The lowest BCUT2D eigenvalue weighted by atomic mass is 10.1. The molecule has 1 unspecified atom stereocenters. The van der Waals surface area contributed by atoms with Gasteiger partial charge in [-0.05, 0) is 32.3 Å². The van der Waals surface area contributed by atoms with E-state index in [0.717, 1.165) is 25.9 Å². The number of hydrogen-bond donors (Lipinski definition) is 2. The third kappa shape index (κ3) is 2.99. The summed E-state index contributed by atoms with van der Waals surface area (Å²) < 4.78 is 0.